The number of nitrogens with zero attached hydrogens (tertiary/aromatic N) is 2. The van der Waals surface area contributed by atoms with E-state index in [1.165, 1.54) is 11.4 Å². The number of pyridine rings is 1. The molecule has 1 N–H and O–H groups in total. The second kappa shape index (κ2) is 7.52. The largest absolute Gasteiger partial charge is 0.493 e. The number of ether oxygens (including phenoxy) is 2. The summed E-state index contributed by atoms with van der Waals surface area (Å²) in [4.78, 5) is 20.8. The molecule has 0 spiro atoms. The van der Waals surface area contributed by atoms with Crippen LogP contribution in [0.5, 0.6) is 17.2 Å². The van der Waals surface area contributed by atoms with Crippen LogP contribution >= 0.6 is 0 Å². The average molecular weight is 418 g/mol. The first kappa shape index (κ1) is 19.8. The van der Waals surface area contributed by atoms with Crippen LogP contribution in [0.1, 0.15) is 44.7 Å². The van der Waals surface area contributed by atoms with Gasteiger partial charge in [-0.25, -0.2) is 4.98 Å². The third-order valence-electron chi connectivity index (χ3n) is 6.05. The Morgan fingerprint density at radius 1 is 1.19 bits per heavy atom. The van der Waals surface area contributed by atoms with Crippen LogP contribution in [0.25, 0.3) is 0 Å². The standard InChI is InChI=1S/C25H27N3O3/c1-25(2,3)22-8-6-19(27-22)16-12-15-13-17(4-7-20(15)30-14-16)31-21-10-11-26-24-18(21)5-9-23(29)28-24/h4,7-8,10-11,13,16H,5-6,9,12,14H2,1-3H3,(H,26,28,29). The van der Waals surface area contributed by atoms with Crippen LogP contribution in [0.2, 0.25) is 0 Å². The molecule has 2 aromatic rings. The molecule has 0 bridgehead atoms. The second-order valence-corrected chi connectivity index (χ2v) is 9.41. The molecule has 1 atom stereocenters. The van der Waals surface area contributed by atoms with Crippen molar-refractivity contribution in [2.24, 2.45) is 16.3 Å². The summed E-state index contributed by atoms with van der Waals surface area (Å²) in [6.45, 7) is 7.26. The quantitative estimate of drug-likeness (QED) is 0.755. The Morgan fingerprint density at radius 2 is 2.06 bits per heavy atom. The molecule has 4 heterocycles. The number of anilines is 1. The van der Waals surface area contributed by atoms with Crippen LogP contribution in [-0.4, -0.2) is 23.2 Å². The zero-order valence-electron chi connectivity index (χ0n) is 18.2. The highest BCUT2D eigenvalue weighted by molar-refractivity contribution is 5.93. The lowest BCUT2D eigenvalue weighted by Gasteiger charge is -2.26. The molecule has 1 aromatic carbocycles. The van der Waals surface area contributed by atoms with E-state index < -0.39 is 0 Å². The molecular weight excluding hydrogens is 390 g/mol. The Hall–Kier alpha value is -3.15. The van der Waals surface area contributed by atoms with E-state index >= 15 is 0 Å². The normalized spacial score (nSPS) is 20.1. The van der Waals surface area contributed by atoms with E-state index in [1.807, 2.05) is 18.2 Å². The summed E-state index contributed by atoms with van der Waals surface area (Å²) in [6.07, 6.45) is 6.78. The molecule has 1 unspecified atom stereocenters. The molecule has 5 rings (SSSR count). The predicted octanol–water partition coefficient (Wildman–Crippen LogP) is 5.08. The second-order valence-electron chi connectivity index (χ2n) is 9.41. The molecule has 31 heavy (non-hydrogen) atoms. The van der Waals surface area contributed by atoms with Gasteiger partial charge >= 0.3 is 0 Å². The number of amides is 1. The summed E-state index contributed by atoms with van der Waals surface area (Å²) >= 11 is 0. The molecular formula is C25H27N3O3. The van der Waals surface area contributed by atoms with E-state index in [2.05, 4.69) is 43.2 Å². The van der Waals surface area contributed by atoms with Gasteiger partial charge in [-0.15, -0.1) is 0 Å². The van der Waals surface area contributed by atoms with Gasteiger partial charge in [-0.3, -0.25) is 9.79 Å². The molecule has 160 valence electrons. The van der Waals surface area contributed by atoms with Crippen molar-refractivity contribution in [2.75, 3.05) is 11.9 Å². The number of benzene rings is 1. The number of hydrogen-bond donors (Lipinski definition) is 1. The smallest absolute Gasteiger partial charge is 0.225 e. The van der Waals surface area contributed by atoms with Crippen LogP contribution in [0, 0.1) is 11.3 Å². The predicted molar refractivity (Wildman–Crippen MR) is 120 cm³/mol. The van der Waals surface area contributed by atoms with Crippen molar-refractivity contribution in [1.82, 2.24) is 4.98 Å². The summed E-state index contributed by atoms with van der Waals surface area (Å²) in [5.41, 5.74) is 4.52. The Morgan fingerprint density at radius 3 is 2.87 bits per heavy atom. The summed E-state index contributed by atoms with van der Waals surface area (Å²) < 4.78 is 12.3. The van der Waals surface area contributed by atoms with Crippen molar-refractivity contribution in [3.05, 3.63) is 53.4 Å². The van der Waals surface area contributed by atoms with Gasteiger partial charge < -0.3 is 14.8 Å². The third-order valence-corrected chi connectivity index (χ3v) is 6.05. The van der Waals surface area contributed by atoms with Crippen molar-refractivity contribution in [3.8, 4) is 17.2 Å². The van der Waals surface area contributed by atoms with E-state index in [1.54, 1.807) is 6.20 Å². The highest BCUT2D eigenvalue weighted by Crippen LogP contribution is 2.38. The van der Waals surface area contributed by atoms with Gasteiger partial charge in [0.15, 0.2) is 0 Å². The minimum Gasteiger partial charge on any atom is -0.493 e. The van der Waals surface area contributed by atoms with E-state index in [0.717, 1.165) is 41.2 Å². The highest BCUT2D eigenvalue weighted by Gasteiger charge is 2.29. The maximum Gasteiger partial charge on any atom is 0.225 e. The lowest BCUT2D eigenvalue weighted by molar-refractivity contribution is -0.116. The minimum atomic E-state index is -0.00643. The van der Waals surface area contributed by atoms with Gasteiger partial charge in [0.1, 0.15) is 23.1 Å². The van der Waals surface area contributed by atoms with E-state index in [4.69, 9.17) is 14.5 Å². The zero-order valence-corrected chi connectivity index (χ0v) is 18.2. The van der Waals surface area contributed by atoms with E-state index in [9.17, 15) is 4.79 Å². The van der Waals surface area contributed by atoms with Crippen molar-refractivity contribution in [1.29, 1.82) is 0 Å². The molecule has 6 nitrogen and oxygen atoms in total. The van der Waals surface area contributed by atoms with E-state index in [-0.39, 0.29) is 17.2 Å². The molecule has 0 radical (unpaired) electrons. The van der Waals surface area contributed by atoms with Crippen molar-refractivity contribution >= 4 is 17.4 Å². The van der Waals surface area contributed by atoms with Crippen molar-refractivity contribution in [3.63, 3.8) is 0 Å². The molecule has 0 saturated carbocycles. The third kappa shape index (κ3) is 3.94. The minimum absolute atomic E-state index is 0.00643. The molecule has 0 aliphatic carbocycles. The monoisotopic (exact) mass is 417 g/mol. The number of allylic oxidation sites excluding steroid dienone is 2. The number of aromatic nitrogens is 1. The summed E-state index contributed by atoms with van der Waals surface area (Å²) in [6, 6.07) is 7.82. The van der Waals surface area contributed by atoms with Gasteiger partial charge in [0.05, 0.1) is 6.61 Å². The molecule has 0 fully saturated rings. The van der Waals surface area contributed by atoms with Crippen LogP contribution in [0.3, 0.4) is 0 Å². The number of rotatable bonds is 3. The first-order valence-corrected chi connectivity index (χ1v) is 10.9. The van der Waals surface area contributed by atoms with Crippen LogP contribution in [-0.2, 0) is 17.6 Å². The van der Waals surface area contributed by atoms with Gasteiger partial charge in [0.2, 0.25) is 5.91 Å². The van der Waals surface area contributed by atoms with Crippen molar-refractivity contribution in [2.45, 2.75) is 46.5 Å². The number of carbonyl (C=O) groups excluding carboxylic acids is 1. The Kier molecular flexibility index (Phi) is 4.80. The first-order chi connectivity index (χ1) is 14.9. The number of aliphatic imine (C=N–C) groups is 1. The van der Waals surface area contributed by atoms with Crippen LogP contribution in [0.4, 0.5) is 5.82 Å². The van der Waals surface area contributed by atoms with Gasteiger partial charge in [-0.2, -0.15) is 0 Å². The zero-order chi connectivity index (χ0) is 21.6. The van der Waals surface area contributed by atoms with Gasteiger partial charge in [0.25, 0.3) is 0 Å². The number of nitrogens with one attached hydrogen (secondary N) is 1. The highest BCUT2D eigenvalue weighted by atomic mass is 16.5. The number of carbonyl (C=O) groups is 1. The summed E-state index contributed by atoms with van der Waals surface area (Å²) in [7, 11) is 0. The lowest BCUT2D eigenvalue weighted by Crippen LogP contribution is -2.27. The Bertz CT molecular complexity index is 1110. The number of hydrogen-bond acceptors (Lipinski definition) is 5. The Balaban J connectivity index is 1.35. The Labute approximate surface area is 182 Å². The average Bonchev–Trinajstić information content (AvgIpc) is 3.24. The molecule has 3 aliphatic heterocycles. The topological polar surface area (TPSA) is 72.8 Å². The summed E-state index contributed by atoms with van der Waals surface area (Å²) in [5, 5.41) is 2.82. The SMILES string of the molecule is CC(C)(C)C1=CCC(C2COc3ccc(Oc4ccnc5c4CCC(=O)N5)cc3C2)=N1. The molecule has 0 saturated heterocycles. The van der Waals surface area contributed by atoms with Crippen molar-refractivity contribution < 1.29 is 14.3 Å². The van der Waals surface area contributed by atoms with Crippen LogP contribution < -0.4 is 14.8 Å². The molecule has 6 heteroatoms. The fraction of sp³-hybridized carbons (Fsp3) is 0.400. The maximum atomic E-state index is 11.7. The fourth-order valence-electron chi connectivity index (χ4n) is 4.31. The van der Waals surface area contributed by atoms with Gasteiger partial charge in [0, 0.05) is 47.3 Å². The fourth-order valence-corrected chi connectivity index (χ4v) is 4.31. The van der Waals surface area contributed by atoms with Gasteiger partial charge in [-0.1, -0.05) is 26.8 Å². The molecule has 1 aromatic heterocycles. The molecule has 3 aliphatic rings. The van der Waals surface area contributed by atoms with E-state index in [0.29, 0.717) is 25.3 Å². The first-order valence-electron chi connectivity index (χ1n) is 10.9. The molecule has 1 amide bonds. The van der Waals surface area contributed by atoms with Gasteiger partial charge in [-0.05, 0) is 42.7 Å². The summed E-state index contributed by atoms with van der Waals surface area (Å²) in [5.74, 6) is 3.27. The lowest BCUT2D eigenvalue weighted by atomic mass is 9.91. The van der Waals surface area contributed by atoms with Crippen LogP contribution in [0.15, 0.2) is 47.2 Å². The number of fused-ring (bicyclic) bond motifs is 2. The maximum absolute atomic E-state index is 11.7.